The zero-order valence-corrected chi connectivity index (χ0v) is 12.2. The maximum Gasteiger partial charge on any atom is 0.238 e. The van der Waals surface area contributed by atoms with E-state index in [1.165, 1.54) is 38.5 Å². The summed E-state index contributed by atoms with van der Waals surface area (Å²) in [4.78, 5) is 11.9. The van der Waals surface area contributed by atoms with Crippen molar-refractivity contribution in [1.29, 1.82) is 0 Å². The van der Waals surface area contributed by atoms with Gasteiger partial charge in [-0.05, 0) is 37.1 Å². The van der Waals surface area contributed by atoms with Gasteiger partial charge < -0.3 is 15.4 Å². The van der Waals surface area contributed by atoms with Crippen molar-refractivity contribution in [3.63, 3.8) is 0 Å². The van der Waals surface area contributed by atoms with Crippen molar-refractivity contribution in [1.82, 2.24) is 5.32 Å². The number of hydrogen-bond acceptors (Lipinski definition) is 3. The van der Waals surface area contributed by atoms with Gasteiger partial charge in [0.1, 0.15) is 5.75 Å². The molecule has 0 aliphatic heterocycles. The Labute approximate surface area is 120 Å². The van der Waals surface area contributed by atoms with Crippen molar-refractivity contribution in [3.05, 3.63) is 24.3 Å². The highest BCUT2D eigenvalue weighted by Crippen LogP contribution is 2.17. The van der Waals surface area contributed by atoms with E-state index in [4.69, 9.17) is 4.74 Å². The van der Waals surface area contributed by atoms with Gasteiger partial charge in [-0.15, -0.1) is 0 Å². The number of carbonyl (C=O) groups excluding carboxylic acids is 1. The Kier molecular flexibility index (Phi) is 5.87. The molecule has 1 aromatic rings. The van der Waals surface area contributed by atoms with E-state index in [9.17, 15) is 4.79 Å². The normalized spacial score (nSPS) is 16.4. The average Bonchev–Trinajstić information content (AvgIpc) is 2.74. The van der Waals surface area contributed by atoms with Crippen LogP contribution in [0.5, 0.6) is 5.75 Å². The molecule has 4 nitrogen and oxygen atoms in total. The Hall–Kier alpha value is -1.55. The zero-order valence-electron chi connectivity index (χ0n) is 12.2. The zero-order chi connectivity index (χ0) is 14.2. The maximum absolute atomic E-state index is 11.9. The summed E-state index contributed by atoms with van der Waals surface area (Å²) in [5.41, 5.74) is 0.804. The van der Waals surface area contributed by atoms with Crippen molar-refractivity contribution in [2.24, 2.45) is 0 Å². The van der Waals surface area contributed by atoms with Crippen LogP contribution in [0.2, 0.25) is 0 Å². The SMILES string of the molecule is COc1ccc(NC(=O)CNC2CCCCCC2)cc1. The third-order valence-electron chi connectivity index (χ3n) is 3.78. The Morgan fingerprint density at radius 2 is 1.80 bits per heavy atom. The topological polar surface area (TPSA) is 50.4 Å². The highest BCUT2D eigenvalue weighted by atomic mass is 16.5. The molecule has 1 aliphatic carbocycles. The van der Waals surface area contributed by atoms with Gasteiger partial charge in [-0.2, -0.15) is 0 Å². The number of benzene rings is 1. The van der Waals surface area contributed by atoms with Crippen LogP contribution in [-0.4, -0.2) is 25.6 Å². The van der Waals surface area contributed by atoms with Gasteiger partial charge in [-0.3, -0.25) is 4.79 Å². The fraction of sp³-hybridized carbons (Fsp3) is 0.562. The van der Waals surface area contributed by atoms with Crippen molar-refractivity contribution in [2.75, 3.05) is 19.0 Å². The molecule has 0 atom stereocenters. The molecule has 0 radical (unpaired) electrons. The fourth-order valence-corrected chi connectivity index (χ4v) is 2.60. The second kappa shape index (κ2) is 7.90. The molecule has 110 valence electrons. The molecule has 0 aromatic heterocycles. The molecule has 2 rings (SSSR count). The molecule has 0 bridgehead atoms. The van der Waals surface area contributed by atoms with Gasteiger partial charge in [0, 0.05) is 11.7 Å². The molecule has 2 N–H and O–H groups in total. The van der Waals surface area contributed by atoms with E-state index in [1.54, 1.807) is 7.11 Å². The molecule has 20 heavy (non-hydrogen) atoms. The fourth-order valence-electron chi connectivity index (χ4n) is 2.60. The minimum atomic E-state index is 0.0133. The maximum atomic E-state index is 11.9. The predicted octanol–water partition coefficient (Wildman–Crippen LogP) is 2.95. The largest absolute Gasteiger partial charge is 0.497 e. The average molecular weight is 276 g/mol. The second-order valence-corrected chi connectivity index (χ2v) is 5.35. The highest BCUT2D eigenvalue weighted by Gasteiger charge is 2.12. The van der Waals surface area contributed by atoms with Crippen molar-refractivity contribution >= 4 is 11.6 Å². The van der Waals surface area contributed by atoms with Crippen molar-refractivity contribution in [2.45, 2.75) is 44.6 Å². The van der Waals surface area contributed by atoms with E-state index in [0.717, 1.165) is 11.4 Å². The Morgan fingerprint density at radius 1 is 1.15 bits per heavy atom. The van der Waals surface area contributed by atoms with E-state index in [2.05, 4.69) is 10.6 Å². The molecular weight excluding hydrogens is 252 g/mol. The van der Waals surface area contributed by atoms with Gasteiger partial charge in [0.2, 0.25) is 5.91 Å². The molecule has 1 saturated carbocycles. The van der Waals surface area contributed by atoms with Crippen LogP contribution in [0.25, 0.3) is 0 Å². The molecule has 1 aliphatic rings. The lowest BCUT2D eigenvalue weighted by Crippen LogP contribution is -2.35. The monoisotopic (exact) mass is 276 g/mol. The van der Waals surface area contributed by atoms with Crippen LogP contribution in [0.1, 0.15) is 38.5 Å². The summed E-state index contributed by atoms with van der Waals surface area (Å²) in [5, 5.41) is 6.26. The summed E-state index contributed by atoms with van der Waals surface area (Å²) in [6.07, 6.45) is 7.59. The molecule has 1 amide bonds. The highest BCUT2D eigenvalue weighted by molar-refractivity contribution is 5.92. The number of methoxy groups -OCH3 is 1. The predicted molar refractivity (Wildman–Crippen MR) is 81.1 cm³/mol. The summed E-state index contributed by atoms with van der Waals surface area (Å²) < 4.78 is 5.09. The smallest absolute Gasteiger partial charge is 0.238 e. The minimum Gasteiger partial charge on any atom is -0.497 e. The van der Waals surface area contributed by atoms with Crippen LogP contribution in [0.3, 0.4) is 0 Å². The summed E-state index contributed by atoms with van der Waals surface area (Å²) in [5.74, 6) is 0.805. The number of carbonyl (C=O) groups is 1. The van der Waals surface area contributed by atoms with Crippen molar-refractivity contribution < 1.29 is 9.53 Å². The summed E-state index contributed by atoms with van der Waals surface area (Å²) >= 11 is 0. The third-order valence-corrected chi connectivity index (χ3v) is 3.78. The summed E-state index contributed by atoms with van der Waals surface area (Å²) in [7, 11) is 1.63. The summed E-state index contributed by atoms with van der Waals surface area (Å²) in [6.45, 7) is 0.386. The molecule has 0 heterocycles. The first-order chi connectivity index (χ1) is 9.78. The van der Waals surface area contributed by atoms with Gasteiger partial charge in [0.25, 0.3) is 0 Å². The first-order valence-corrected chi connectivity index (χ1v) is 7.45. The second-order valence-electron chi connectivity index (χ2n) is 5.35. The molecule has 1 aromatic carbocycles. The minimum absolute atomic E-state index is 0.0133. The van der Waals surface area contributed by atoms with Gasteiger partial charge >= 0.3 is 0 Å². The first-order valence-electron chi connectivity index (χ1n) is 7.45. The lowest BCUT2D eigenvalue weighted by molar-refractivity contribution is -0.115. The molecule has 0 unspecified atom stereocenters. The van der Waals surface area contributed by atoms with Crippen LogP contribution in [-0.2, 0) is 4.79 Å². The van der Waals surface area contributed by atoms with E-state index in [1.807, 2.05) is 24.3 Å². The Bertz CT molecular complexity index is 409. The van der Waals surface area contributed by atoms with Gasteiger partial charge in [0.15, 0.2) is 0 Å². The van der Waals surface area contributed by atoms with E-state index in [-0.39, 0.29) is 5.91 Å². The van der Waals surface area contributed by atoms with Crippen LogP contribution in [0.15, 0.2) is 24.3 Å². The molecule has 1 fully saturated rings. The molecule has 0 saturated heterocycles. The Morgan fingerprint density at radius 3 is 2.40 bits per heavy atom. The lowest BCUT2D eigenvalue weighted by Gasteiger charge is -2.15. The van der Waals surface area contributed by atoms with Crippen LogP contribution in [0.4, 0.5) is 5.69 Å². The van der Waals surface area contributed by atoms with Gasteiger partial charge in [-0.1, -0.05) is 25.7 Å². The number of anilines is 1. The number of ether oxygens (including phenoxy) is 1. The molecule has 0 spiro atoms. The van der Waals surface area contributed by atoms with Gasteiger partial charge in [-0.25, -0.2) is 0 Å². The first kappa shape index (κ1) is 14.9. The van der Waals surface area contributed by atoms with Crippen LogP contribution >= 0.6 is 0 Å². The Balaban J connectivity index is 1.73. The van der Waals surface area contributed by atoms with Crippen molar-refractivity contribution in [3.8, 4) is 5.75 Å². The molecular formula is C16H24N2O2. The molecule has 4 heteroatoms. The number of hydrogen-bond donors (Lipinski definition) is 2. The standard InChI is InChI=1S/C16H24N2O2/c1-20-15-10-8-14(9-11-15)18-16(19)12-17-13-6-4-2-3-5-7-13/h8-11,13,17H,2-7,12H2,1H3,(H,18,19). The van der Waals surface area contributed by atoms with E-state index in [0.29, 0.717) is 12.6 Å². The van der Waals surface area contributed by atoms with Crippen LogP contribution in [0, 0.1) is 0 Å². The number of nitrogens with one attached hydrogen (secondary N) is 2. The number of rotatable bonds is 5. The summed E-state index contributed by atoms with van der Waals surface area (Å²) in [6, 6.07) is 7.88. The van der Waals surface area contributed by atoms with E-state index < -0.39 is 0 Å². The van der Waals surface area contributed by atoms with E-state index >= 15 is 0 Å². The third kappa shape index (κ3) is 4.85. The van der Waals surface area contributed by atoms with Crippen LogP contribution < -0.4 is 15.4 Å². The quantitative estimate of drug-likeness (QED) is 0.813. The van der Waals surface area contributed by atoms with Gasteiger partial charge in [0.05, 0.1) is 13.7 Å². The lowest BCUT2D eigenvalue weighted by atomic mass is 10.1. The number of amides is 1.